The number of H-pyrrole nitrogens is 2. The van der Waals surface area contributed by atoms with E-state index in [2.05, 4.69) is 19.9 Å². The van der Waals surface area contributed by atoms with Gasteiger partial charge in [0.1, 0.15) is 17.7 Å². The van der Waals surface area contributed by atoms with Crippen molar-refractivity contribution in [3.63, 3.8) is 0 Å². The van der Waals surface area contributed by atoms with Crippen LogP contribution in [0.4, 0.5) is 15.8 Å². The fraction of sp³-hybridized carbons (Fsp3) is 0.308. The van der Waals surface area contributed by atoms with Gasteiger partial charge in [-0.25, -0.2) is 19.3 Å². The van der Waals surface area contributed by atoms with E-state index in [4.69, 9.17) is 4.74 Å². The van der Waals surface area contributed by atoms with Gasteiger partial charge in [-0.15, -0.1) is 0 Å². The Morgan fingerprint density at radius 2 is 1.92 bits per heavy atom. The van der Waals surface area contributed by atoms with E-state index in [1.807, 2.05) is 6.07 Å². The number of anilines is 2. The number of fused-ring (bicyclic) bond motifs is 1. The predicted octanol–water partition coefficient (Wildman–Crippen LogP) is 1.90. The van der Waals surface area contributed by atoms with E-state index in [1.165, 1.54) is 16.5 Å². The minimum Gasteiger partial charge on any atom is -0.501 e. The van der Waals surface area contributed by atoms with Crippen molar-refractivity contribution in [2.24, 2.45) is 0 Å². The monoisotopic (exact) mass is 505 g/mol. The van der Waals surface area contributed by atoms with Crippen LogP contribution in [0.3, 0.4) is 0 Å². The molecule has 2 aliphatic rings. The third-order valence-electron chi connectivity index (χ3n) is 6.83. The van der Waals surface area contributed by atoms with E-state index in [0.717, 1.165) is 23.4 Å². The molecule has 5 heterocycles. The molecule has 0 saturated carbocycles. The highest BCUT2D eigenvalue weighted by atomic mass is 19.1. The number of morpholine rings is 1. The summed E-state index contributed by atoms with van der Waals surface area (Å²) in [5.74, 6) is -0.498. The molecule has 1 aromatic carbocycles. The van der Waals surface area contributed by atoms with Crippen LogP contribution in [-0.2, 0) is 16.0 Å². The molecular weight excluding hydrogens is 479 g/mol. The molecule has 0 atom stereocenters. The summed E-state index contributed by atoms with van der Waals surface area (Å²) in [6.45, 7) is 2.97. The van der Waals surface area contributed by atoms with Gasteiger partial charge in [0.25, 0.3) is 0 Å². The van der Waals surface area contributed by atoms with Gasteiger partial charge in [0.15, 0.2) is 5.65 Å². The maximum atomic E-state index is 13.4. The molecule has 4 aromatic rings. The van der Waals surface area contributed by atoms with Crippen LogP contribution >= 0.6 is 0 Å². The molecule has 0 spiro atoms. The van der Waals surface area contributed by atoms with Gasteiger partial charge in [0.2, 0.25) is 17.4 Å². The number of ether oxygens (including phenoxy) is 1. The van der Waals surface area contributed by atoms with Crippen molar-refractivity contribution < 1.29 is 24.0 Å². The average molecular weight is 506 g/mol. The first-order chi connectivity index (χ1) is 18.0. The predicted molar refractivity (Wildman–Crippen MR) is 133 cm³/mol. The molecule has 37 heavy (non-hydrogen) atoms. The van der Waals surface area contributed by atoms with Gasteiger partial charge < -0.3 is 19.6 Å². The van der Waals surface area contributed by atoms with Gasteiger partial charge in [-0.2, -0.15) is 0 Å². The van der Waals surface area contributed by atoms with Gasteiger partial charge in [-0.1, -0.05) is 12.1 Å². The first-order valence-corrected chi connectivity index (χ1v) is 12.2. The molecule has 1 amide bonds. The number of amides is 1. The Hall–Kier alpha value is -4.25. The van der Waals surface area contributed by atoms with Crippen LogP contribution in [0.25, 0.3) is 17.2 Å². The van der Waals surface area contributed by atoms with Crippen LogP contribution in [0.2, 0.25) is 0 Å². The molecule has 0 bridgehead atoms. The summed E-state index contributed by atoms with van der Waals surface area (Å²) in [5, 5.41) is 10.9. The highest BCUT2D eigenvalue weighted by Gasteiger charge is 2.29. The van der Waals surface area contributed by atoms with E-state index in [0.29, 0.717) is 57.2 Å². The third kappa shape index (κ3) is 4.31. The normalized spacial score (nSPS) is 16.2. The second kappa shape index (κ2) is 9.32. The molecule has 3 N–H and O–H groups in total. The number of imidazole rings is 1. The van der Waals surface area contributed by atoms with Crippen LogP contribution in [0.5, 0.6) is 5.75 Å². The first-order valence-electron chi connectivity index (χ1n) is 12.2. The average Bonchev–Trinajstić information content (AvgIpc) is 3.56. The van der Waals surface area contributed by atoms with Gasteiger partial charge in [-0.3, -0.25) is 14.0 Å². The molecule has 10 nitrogen and oxygen atoms in total. The highest BCUT2D eigenvalue weighted by molar-refractivity contribution is 5.99. The SMILES string of the molecule is O=C1CCCN1c1cc(N2CCOCC2)cn2c(=O)c(O)c(-c3[nH]c(Cc4ccc(F)cc4)c[nH+]3)nc12. The van der Waals surface area contributed by atoms with E-state index in [9.17, 15) is 19.1 Å². The molecule has 6 rings (SSSR count). The second-order valence-electron chi connectivity index (χ2n) is 9.26. The smallest absolute Gasteiger partial charge is 0.307 e. The van der Waals surface area contributed by atoms with Crippen LogP contribution in [-0.4, -0.2) is 58.2 Å². The number of hydrogen-bond donors (Lipinski definition) is 2. The van der Waals surface area contributed by atoms with Crippen LogP contribution in [0.15, 0.2) is 47.5 Å². The van der Waals surface area contributed by atoms with Gasteiger partial charge in [0, 0.05) is 38.7 Å². The zero-order valence-electron chi connectivity index (χ0n) is 20.0. The van der Waals surface area contributed by atoms with Crippen molar-refractivity contribution in [2.45, 2.75) is 19.3 Å². The summed E-state index contributed by atoms with van der Waals surface area (Å²) in [6.07, 6.45) is 5.01. The summed E-state index contributed by atoms with van der Waals surface area (Å²) >= 11 is 0. The van der Waals surface area contributed by atoms with Crippen molar-refractivity contribution in [3.8, 4) is 17.3 Å². The number of nitrogens with one attached hydrogen (secondary N) is 2. The maximum absolute atomic E-state index is 13.4. The number of aromatic nitrogens is 4. The number of benzene rings is 1. The lowest BCUT2D eigenvalue weighted by atomic mass is 10.1. The zero-order chi connectivity index (χ0) is 25.5. The topological polar surface area (TPSA) is 117 Å². The van der Waals surface area contributed by atoms with Crippen molar-refractivity contribution in [3.05, 3.63) is 70.2 Å². The van der Waals surface area contributed by atoms with Gasteiger partial charge in [0.05, 0.1) is 24.6 Å². The Bertz CT molecular complexity index is 1540. The van der Waals surface area contributed by atoms with Crippen LogP contribution in [0, 0.1) is 5.82 Å². The first kappa shape index (κ1) is 23.2. The Morgan fingerprint density at radius 1 is 1.14 bits per heavy atom. The maximum Gasteiger partial charge on any atom is 0.307 e. The third-order valence-corrected chi connectivity index (χ3v) is 6.83. The quantitative estimate of drug-likeness (QED) is 0.428. The number of aromatic amines is 2. The number of nitrogens with zero attached hydrogens (tertiary/aromatic N) is 4. The minimum absolute atomic E-state index is 0.0297. The molecule has 0 unspecified atom stereocenters. The number of carbonyl (C=O) groups is 1. The summed E-state index contributed by atoms with van der Waals surface area (Å²) in [6, 6.07) is 8.06. The minimum atomic E-state index is -0.633. The molecule has 2 saturated heterocycles. The van der Waals surface area contributed by atoms with E-state index in [-0.39, 0.29) is 23.1 Å². The Labute approximate surface area is 211 Å². The van der Waals surface area contributed by atoms with Crippen molar-refractivity contribution in [2.75, 3.05) is 42.6 Å². The number of hydrogen-bond acceptors (Lipinski definition) is 6. The molecule has 190 valence electrons. The molecule has 3 aromatic heterocycles. The lowest BCUT2D eigenvalue weighted by Gasteiger charge is -2.30. The number of carbonyl (C=O) groups excluding carboxylic acids is 1. The highest BCUT2D eigenvalue weighted by Crippen LogP contribution is 2.32. The van der Waals surface area contributed by atoms with Crippen LogP contribution in [0.1, 0.15) is 24.1 Å². The van der Waals surface area contributed by atoms with Crippen molar-refractivity contribution >= 4 is 22.9 Å². The molecule has 0 aliphatic carbocycles. The largest absolute Gasteiger partial charge is 0.501 e. The molecule has 2 fully saturated rings. The molecule has 11 heteroatoms. The molecule has 0 radical (unpaired) electrons. The molecular formula is C26H26FN6O4+. The van der Waals surface area contributed by atoms with Crippen molar-refractivity contribution in [1.82, 2.24) is 14.4 Å². The number of halogens is 1. The van der Waals surface area contributed by atoms with E-state index in [1.54, 1.807) is 29.4 Å². The standard InChI is InChI=1S/C26H25FN6O4/c27-17-5-3-16(4-6-17)12-18-14-28-24(29-18)22-23(35)26(36)33-15-19(31-8-10-37-11-9-31)13-20(25(33)30-22)32-7-1-2-21(32)34/h3-6,13-15,35H,1-2,7-12H2,(H,28,29)/p+1. The summed E-state index contributed by atoms with van der Waals surface area (Å²) < 4.78 is 20.0. The zero-order valence-corrected chi connectivity index (χ0v) is 20.0. The van der Waals surface area contributed by atoms with E-state index < -0.39 is 11.3 Å². The second-order valence-corrected chi connectivity index (χ2v) is 9.26. The van der Waals surface area contributed by atoms with Gasteiger partial charge in [-0.05, 0) is 30.2 Å². The van der Waals surface area contributed by atoms with Gasteiger partial charge >= 0.3 is 11.4 Å². The lowest BCUT2D eigenvalue weighted by molar-refractivity contribution is -0.362. The fourth-order valence-corrected chi connectivity index (χ4v) is 4.91. The summed E-state index contributed by atoms with van der Waals surface area (Å²) in [5.41, 5.74) is 2.66. The molecule has 2 aliphatic heterocycles. The summed E-state index contributed by atoms with van der Waals surface area (Å²) in [7, 11) is 0. The lowest BCUT2D eigenvalue weighted by Crippen LogP contribution is -2.37. The summed E-state index contributed by atoms with van der Waals surface area (Å²) in [4.78, 5) is 40.7. The fourth-order valence-electron chi connectivity index (χ4n) is 4.91. The van der Waals surface area contributed by atoms with Crippen LogP contribution < -0.4 is 20.3 Å². The number of aromatic hydroxyl groups is 1. The number of pyridine rings is 1. The Kier molecular flexibility index (Phi) is 5.84. The van der Waals surface area contributed by atoms with E-state index >= 15 is 0 Å². The van der Waals surface area contributed by atoms with Crippen molar-refractivity contribution in [1.29, 1.82) is 0 Å². The Morgan fingerprint density at radius 3 is 2.65 bits per heavy atom. The Balaban J connectivity index is 1.45. The number of rotatable bonds is 5.